The number of anilines is 2. The van der Waals surface area contributed by atoms with Crippen molar-refractivity contribution in [3.63, 3.8) is 0 Å². The predicted octanol–water partition coefficient (Wildman–Crippen LogP) is 4.60. The van der Waals surface area contributed by atoms with Crippen LogP contribution in [0.25, 0.3) is 5.69 Å². The standard InChI is InChI=1S/C29H28FN5O3/c1-20-4-3-5-25(18-20)38-26-19-31-35(24-12-8-22(30)9-13-24)29(37)27(26)32-23-10-6-21(7-11-23)28(36)34-16-14-33(2)15-17-34/h3-13,18-19,32H,14-17H2,1-2H3. The topological polar surface area (TPSA) is 79.7 Å². The van der Waals surface area contributed by atoms with Crippen LogP contribution in [-0.4, -0.2) is 58.7 Å². The molecular weight excluding hydrogens is 485 g/mol. The maximum absolute atomic E-state index is 13.5. The molecular formula is C29H28FN5O3. The molecule has 0 radical (unpaired) electrons. The van der Waals surface area contributed by atoms with E-state index in [-0.39, 0.29) is 17.3 Å². The lowest BCUT2D eigenvalue weighted by Gasteiger charge is -2.32. The van der Waals surface area contributed by atoms with E-state index in [9.17, 15) is 14.0 Å². The van der Waals surface area contributed by atoms with Crippen molar-refractivity contribution in [1.29, 1.82) is 0 Å². The minimum atomic E-state index is -0.473. The summed E-state index contributed by atoms with van der Waals surface area (Å²) in [5.41, 5.74) is 2.28. The van der Waals surface area contributed by atoms with Crippen molar-refractivity contribution >= 4 is 17.3 Å². The molecule has 1 aliphatic heterocycles. The number of amides is 1. The molecule has 0 unspecified atom stereocenters. The second-order valence-corrected chi connectivity index (χ2v) is 9.29. The Morgan fingerprint density at radius 2 is 1.68 bits per heavy atom. The molecule has 38 heavy (non-hydrogen) atoms. The molecule has 194 valence electrons. The van der Waals surface area contributed by atoms with Crippen molar-refractivity contribution in [2.24, 2.45) is 0 Å². The summed E-state index contributed by atoms with van der Waals surface area (Å²) in [5, 5.41) is 7.40. The van der Waals surface area contributed by atoms with E-state index in [1.54, 1.807) is 30.3 Å². The number of likely N-dealkylation sites (N-methyl/N-ethyl adjacent to an activating group) is 1. The summed E-state index contributed by atoms with van der Waals surface area (Å²) in [6, 6.07) is 19.9. The largest absolute Gasteiger partial charge is 0.453 e. The summed E-state index contributed by atoms with van der Waals surface area (Å²) in [4.78, 5) is 30.5. The van der Waals surface area contributed by atoms with Crippen molar-refractivity contribution in [3.8, 4) is 17.2 Å². The number of benzene rings is 3. The summed E-state index contributed by atoms with van der Waals surface area (Å²) < 4.78 is 20.7. The fraction of sp³-hybridized carbons (Fsp3) is 0.207. The van der Waals surface area contributed by atoms with Crippen LogP contribution in [0.4, 0.5) is 15.8 Å². The molecule has 0 saturated carbocycles. The highest BCUT2D eigenvalue weighted by Crippen LogP contribution is 2.29. The number of carbonyl (C=O) groups excluding carboxylic acids is 1. The molecule has 1 aliphatic rings. The van der Waals surface area contributed by atoms with Crippen LogP contribution in [0.2, 0.25) is 0 Å². The smallest absolute Gasteiger partial charge is 0.299 e. The number of aryl methyl sites for hydroxylation is 1. The Balaban J connectivity index is 1.45. The van der Waals surface area contributed by atoms with E-state index < -0.39 is 11.4 Å². The highest BCUT2D eigenvalue weighted by Gasteiger charge is 2.21. The van der Waals surface area contributed by atoms with Gasteiger partial charge in [-0.05, 0) is 80.2 Å². The predicted molar refractivity (Wildman–Crippen MR) is 144 cm³/mol. The Kier molecular flexibility index (Phi) is 7.19. The first-order valence-electron chi connectivity index (χ1n) is 12.3. The summed E-state index contributed by atoms with van der Waals surface area (Å²) in [6.07, 6.45) is 1.45. The first-order chi connectivity index (χ1) is 18.4. The number of ether oxygens (including phenoxy) is 1. The molecule has 0 bridgehead atoms. The Hall–Kier alpha value is -4.50. The van der Waals surface area contributed by atoms with Crippen LogP contribution in [0.15, 0.2) is 83.8 Å². The van der Waals surface area contributed by atoms with Gasteiger partial charge in [0, 0.05) is 37.4 Å². The number of aromatic nitrogens is 2. The molecule has 8 nitrogen and oxygen atoms in total. The van der Waals surface area contributed by atoms with Gasteiger partial charge in [-0.3, -0.25) is 9.59 Å². The van der Waals surface area contributed by atoms with Crippen molar-refractivity contribution in [2.45, 2.75) is 6.92 Å². The summed E-state index contributed by atoms with van der Waals surface area (Å²) in [6.45, 7) is 5.01. The Bertz CT molecular complexity index is 1490. The molecule has 1 N–H and O–H groups in total. The molecule has 9 heteroatoms. The maximum Gasteiger partial charge on any atom is 0.299 e. The van der Waals surface area contributed by atoms with Gasteiger partial charge in [-0.15, -0.1) is 0 Å². The van der Waals surface area contributed by atoms with Gasteiger partial charge in [-0.25, -0.2) is 4.39 Å². The van der Waals surface area contributed by atoms with Crippen LogP contribution in [0, 0.1) is 12.7 Å². The average Bonchev–Trinajstić information content (AvgIpc) is 2.92. The Labute approximate surface area is 219 Å². The number of hydrogen-bond acceptors (Lipinski definition) is 6. The van der Waals surface area contributed by atoms with Crippen LogP contribution in [0.3, 0.4) is 0 Å². The van der Waals surface area contributed by atoms with E-state index >= 15 is 0 Å². The molecule has 0 aliphatic carbocycles. The minimum absolute atomic E-state index is 0.0179. The van der Waals surface area contributed by atoms with Crippen molar-refractivity contribution in [1.82, 2.24) is 19.6 Å². The summed E-state index contributed by atoms with van der Waals surface area (Å²) in [7, 11) is 2.04. The van der Waals surface area contributed by atoms with Crippen LogP contribution in [-0.2, 0) is 0 Å². The third-order valence-corrected chi connectivity index (χ3v) is 6.42. The van der Waals surface area contributed by atoms with Crippen LogP contribution in [0.1, 0.15) is 15.9 Å². The van der Waals surface area contributed by atoms with Gasteiger partial charge in [0.15, 0.2) is 11.4 Å². The number of nitrogens with zero attached hydrogens (tertiary/aromatic N) is 4. The molecule has 1 amide bonds. The Morgan fingerprint density at radius 3 is 2.37 bits per heavy atom. The van der Waals surface area contributed by atoms with Crippen molar-refractivity contribution in [3.05, 3.63) is 106 Å². The number of rotatable bonds is 6. The molecule has 3 aromatic carbocycles. The molecule has 2 heterocycles. The summed E-state index contributed by atoms with van der Waals surface area (Å²) >= 11 is 0. The minimum Gasteiger partial charge on any atom is -0.453 e. The Morgan fingerprint density at radius 1 is 0.974 bits per heavy atom. The lowest BCUT2D eigenvalue weighted by atomic mass is 10.1. The fourth-order valence-electron chi connectivity index (χ4n) is 4.24. The normalized spacial score (nSPS) is 13.8. The monoisotopic (exact) mass is 513 g/mol. The molecule has 0 atom stereocenters. The molecule has 5 rings (SSSR count). The van der Waals surface area contributed by atoms with E-state index in [0.717, 1.165) is 18.7 Å². The number of hydrogen-bond donors (Lipinski definition) is 1. The van der Waals surface area contributed by atoms with Gasteiger partial charge in [0.1, 0.15) is 11.6 Å². The highest BCUT2D eigenvalue weighted by molar-refractivity contribution is 5.94. The van der Waals surface area contributed by atoms with Gasteiger partial charge in [0.05, 0.1) is 11.9 Å². The zero-order chi connectivity index (χ0) is 26.6. The first kappa shape index (κ1) is 25.2. The third kappa shape index (κ3) is 5.57. The highest BCUT2D eigenvalue weighted by atomic mass is 19.1. The SMILES string of the molecule is Cc1cccc(Oc2cnn(-c3ccc(F)cc3)c(=O)c2Nc2ccc(C(=O)N3CCN(C)CC3)cc2)c1. The van der Waals surface area contributed by atoms with Crippen LogP contribution >= 0.6 is 0 Å². The molecule has 0 spiro atoms. The van der Waals surface area contributed by atoms with Gasteiger partial charge < -0.3 is 19.9 Å². The lowest BCUT2D eigenvalue weighted by molar-refractivity contribution is 0.0664. The van der Waals surface area contributed by atoms with Crippen molar-refractivity contribution < 1.29 is 13.9 Å². The number of halogens is 1. The first-order valence-corrected chi connectivity index (χ1v) is 12.3. The third-order valence-electron chi connectivity index (χ3n) is 6.42. The van der Waals surface area contributed by atoms with Gasteiger partial charge >= 0.3 is 0 Å². The second-order valence-electron chi connectivity index (χ2n) is 9.29. The van der Waals surface area contributed by atoms with Gasteiger partial charge in [0.25, 0.3) is 11.5 Å². The van der Waals surface area contributed by atoms with Crippen LogP contribution in [0.5, 0.6) is 11.5 Å². The van der Waals surface area contributed by atoms with E-state index in [4.69, 9.17) is 4.74 Å². The van der Waals surface area contributed by atoms with Gasteiger partial charge in [-0.1, -0.05) is 12.1 Å². The molecule has 4 aromatic rings. The molecule has 1 saturated heterocycles. The van der Waals surface area contributed by atoms with Crippen LogP contribution < -0.4 is 15.6 Å². The zero-order valence-electron chi connectivity index (χ0n) is 21.2. The lowest BCUT2D eigenvalue weighted by Crippen LogP contribution is -2.47. The van der Waals surface area contributed by atoms with E-state index in [1.807, 2.05) is 37.1 Å². The van der Waals surface area contributed by atoms with Gasteiger partial charge in [0.2, 0.25) is 0 Å². The summed E-state index contributed by atoms with van der Waals surface area (Å²) in [5.74, 6) is 0.361. The molecule has 1 aromatic heterocycles. The number of carbonyl (C=O) groups is 1. The average molecular weight is 514 g/mol. The van der Waals surface area contributed by atoms with E-state index in [0.29, 0.717) is 35.8 Å². The fourth-order valence-corrected chi connectivity index (χ4v) is 4.24. The van der Waals surface area contributed by atoms with E-state index in [1.165, 1.54) is 35.1 Å². The maximum atomic E-state index is 13.5. The van der Waals surface area contributed by atoms with Crippen molar-refractivity contribution in [2.75, 3.05) is 38.5 Å². The van der Waals surface area contributed by atoms with Gasteiger partial charge in [-0.2, -0.15) is 9.78 Å². The second kappa shape index (κ2) is 10.9. The van der Waals surface area contributed by atoms with E-state index in [2.05, 4.69) is 15.3 Å². The zero-order valence-corrected chi connectivity index (χ0v) is 21.2. The number of piperazine rings is 1. The molecule has 1 fully saturated rings. The quantitative estimate of drug-likeness (QED) is 0.406. The number of nitrogens with one attached hydrogen (secondary N) is 1.